The summed E-state index contributed by atoms with van der Waals surface area (Å²) >= 11 is 5.85. The zero-order valence-corrected chi connectivity index (χ0v) is 9.93. The van der Waals surface area contributed by atoms with Gasteiger partial charge in [0.15, 0.2) is 0 Å². The fraction of sp³-hybridized carbons (Fsp3) is 0.455. The van der Waals surface area contributed by atoms with Gasteiger partial charge in [0.1, 0.15) is 5.82 Å². The zero-order chi connectivity index (χ0) is 12.0. The highest BCUT2D eigenvalue weighted by atomic mass is 35.5. The summed E-state index contributed by atoms with van der Waals surface area (Å²) in [5, 5.41) is 0.167. The molecule has 0 fully saturated rings. The maximum absolute atomic E-state index is 13.2. The Morgan fingerprint density at radius 1 is 1.56 bits per heavy atom. The van der Waals surface area contributed by atoms with E-state index in [1.54, 1.807) is 19.2 Å². The van der Waals surface area contributed by atoms with Crippen LogP contribution in [-0.4, -0.2) is 19.8 Å². The second kappa shape index (κ2) is 6.81. The van der Waals surface area contributed by atoms with Crippen molar-refractivity contribution >= 4 is 11.6 Å². The fourth-order valence-corrected chi connectivity index (χ4v) is 1.68. The Bertz CT molecular complexity index is 336. The second-order valence-electron chi connectivity index (χ2n) is 3.56. The molecule has 0 saturated heterocycles. The van der Waals surface area contributed by atoms with Crippen LogP contribution in [0.15, 0.2) is 18.2 Å². The molecule has 16 heavy (non-hydrogen) atoms. The number of benzene rings is 1. The molecular weight excluding hydrogens is 231 g/mol. The molecule has 90 valence electrons. The van der Waals surface area contributed by atoms with E-state index in [0.29, 0.717) is 13.0 Å². The van der Waals surface area contributed by atoms with E-state index < -0.39 is 5.82 Å². The molecule has 0 amide bonds. The van der Waals surface area contributed by atoms with Crippen molar-refractivity contribution in [1.82, 2.24) is 5.43 Å². The molecule has 0 aliphatic heterocycles. The summed E-state index contributed by atoms with van der Waals surface area (Å²) in [5.74, 6) is 5.01. The topological polar surface area (TPSA) is 47.3 Å². The summed E-state index contributed by atoms with van der Waals surface area (Å²) in [6.07, 6.45) is 1.33. The molecule has 5 heteroatoms. The van der Waals surface area contributed by atoms with Gasteiger partial charge in [-0.1, -0.05) is 23.7 Å². The average Bonchev–Trinajstić information content (AvgIpc) is 2.30. The Balaban J connectivity index is 2.66. The van der Waals surface area contributed by atoms with Crippen LogP contribution < -0.4 is 11.3 Å². The molecule has 1 aromatic rings. The molecule has 1 unspecified atom stereocenters. The van der Waals surface area contributed by atoms with Gasteiger partial charge in [-0.2, -0.15) is 0 Å². The molecule has 1 atom stereocenters. The third kappa shape index (κ3) is 3.72. The first-order chi connectivity index (χ1) is 7.69. The number of methoxy groups -OCH3 is 1. The van der Waals surface area contributed by atoms with Crippen molar-refractivity contribution in [2.75, 3.05) is 13.7 Å². The summed E-state index contributed by atoms with van der Waals surface area (Å²) < 4.78 is 18.1. The minimum absolute atomic E-state index is 0.0271. The van der Waals surface area contributed by atoms with Gasteiger partial charge in [-0.15, -0.1) is 0 Å². The predicted molar refractivity (Wildman–Crippen MR) is 62.7 cm³/mol. The fourth-order valence-electron chi connectivity index (χ4n) is 1.48. The van der Waals surface area contributed by atoms with Crippen LogP contribution in [0.5, 0.6) is 0 Å². The number of hydrogen-bond acceptors (Lipinski definition) is 3. The minimum atomic E-state index is -0.401. The molecular formula is C11H16ClFN2O. The maximum Gasteiger partial charge on any atom is 0.142 e. The van der Waals surface area contributed by atoms with Crippen LogP contribution in [0.25, 0.3) is 0 Å². The van der Waals surface area contributed by atoms with E-state index in [0.717, 1.165) is 12.0 Å². The highest BCUT2D eigenvalue weighted by Gasteiger charge is 2.12. The van der Waals surface area contributed by atoms with Crippen molar-refractivity contribution in [3.05, 3.63) is 34.6 Å². The lowest BCUT2D eigenvalue weighted by atomic mass is 10.0. The molecule has 3 N–H and O–H groups in total. The van der Waals surface area contributed by atoms with Gasteiger partial charge in [0.25, 0.3) is 0 Å². The molecule has 1 aromatic carbocycles. The summed E-state index contributed by atoms with van der Waals surface area (Å²) in [5.41, 5.74) is 3.42. The number of rotatable bonds is 6. The molecule has 3 nitrogen and oxygen atoms in total. The molecule has 0 saturated carbocycles. The number of ether oxygens (including phenoxy) is 1. The first-order valence-corrected chi connectivity index (χ1v) is 5.44. The van der Waals surface area contributed by atoms with Gasteiger partial charge in [-0.05, 0) is 24.5 Å². The smallest absolute Gasteiger partial charge is 0.142 e. The monoisotopic (exact) mass is 246 g/mol. The van der Waals surface area contributed by atoms with Gasteiger partial charge in [0.2, 0.25) is 0 Å². The van der Waals surface area contributed by atoms with Crippen LogP contribution in [0.2, 0.25) is 5.02 Å². The third-order valence-electron chi connectivity index (χ3n) is 2.40. The number of halogens is 2. The summed E-state index contributed by atoms with van der Waals surface area (Å²) in [7, 11) is 1.63. The lowest BCUT2D eigenvalue weighted by Gasteiger charge is -2.16. The highest BCUT2D eigenvalue weighted by molar-refractivity contribution is 6.31. The van der Waals surface area contributed by atoms with Crippen molar-refractivity contribution in [1.29, 1.82) is 0 Å². The second-order valence-corrected chi connectivity index (χ2v) is 3.94. The Kier molecular flexibility index (Phi) is 5.69. The van der Waals surface area contributed by atoms with Crippen LogP contribution in [0.1, 0.15) is 12.0 Å². The normalized spacial score (nSPS) is 12.8. The number of hydrogen-bond donors (Lipinski definition) is 2. The van der Waals surface area contributed by atoms with Crippen molar-refractivity contribution in [2.24, 2.45) is 5.84 Å². The van der Waals surface area contributed by atoms with Crippen molar-refractivity contribution in [2.45, 2.75) is 18.9 Å². The van der Waals surface area contributed by atoms with E-state index in [-0.39, 0.29) is 11.1 Å². The summed E-state index contributed by atoms with van der Waals surface area (Å²) in [4.78, 5) is 0. The van der Waals surface area contributed by atoms with Crippen molar-refractivity contribution in [3.8, 4) is 0 Å². The molecule has 0 aromatic heterocycles. The lowest BCUT2D eigenvalue weighted by Crippen LogP contribution is -2.37. The van der Waals surface area contributed by atoms with Gasteiger partial charge in [0.05, 0.1) is 5.02 Å². The molecule has 1 rings (SSSR count). The van der Waals surface area contributed by atoms with E-state index in [9.17, 15) is 4.39 Å². The molecule has 0 radical (unpaired) electrons. The average molecular weight is 247 g/mol. The molecule has 0 heterocycles. The molecule has 0 bridgehead atoms. The lowest BCUT2D eigenvalue weighted by molar-refractivity contribution is 0.182. The van der Waals surface area contributed by atoms with Gasteiger partial charge >= 0.3 is 0 Å². The predicted octanol–water partition coefficient (Wildman–Crippen LogP) is 1.89. The Labute approximate surface area is 99.7 Å². The van der Waals surface area contributed by atoms with Crippen molar-refractivity contribution < 1.29 is 9.13 Å². The van der Waals surface area contributed by atoms with E-state index in [4.69, 9.17) is 22.2 Å². The highest BCUT2D eigenvalue weighted by Crippen LogP contribution is 2.21. The maximum atomic E-state index is 13.2. The quantitative estimate of drug-likeness (QED) is 0.595. The number of nitrogens with two attached hydrogens (primary N) is 1. The first-order valence-electron chi connectivity index (χ1n) is 5.07. The van der Waals surface area contributed by atoms with E-state index >= 15 is 0 Å². The summed E-state index contributed by atoms with van der Waals surface area (Å²) in [6, 6.07) is 4.80. The number of nitrogens with one attached hydrogen (secondary N) is 1. The first kappa shape index (κ1) is 13.4. The van der Waals surface area contributed by atoms with Gasteiger partial charge in [-0.3, -0.25) is 11.3 Å². The number of hydrazine groups is 1. The zero-order valence-electron chi connectivity index (χ0n) is 9.17. The van der Waals surface area contributed by atoms with Crippen LogP contribution in [0.3, 0.4) is 0 Å². The van der Waals surface area contributed by atoms with Crippen LogP contribution in [0, 0.1) is 5.82 Å². The standard InChI is InChI=1S/C11H16ClFN2O/c1-16-6-5-9(15-14)7-8-3-2-4-10(13)11(8)12/h2-4,9,15H,5-7,14H2,1H3. The third-order valence-corrected chi connectivity index (χ3v) is 2.83. The van der Waals surface area contributed by atoms with E-state index in [2.05, 4.69) is 5.43 Å². The van der Waals surface area contributed by atoms with Gasteiger partial charge in [-0.25, -0.2) is 4.39 Å². The molecule has 0 aliphatic carbocycles. The van der Waals surface area contributed by atoms with Crippen LogP contribution in [0.4, 0.5) is 4.39 Å². The SMILES string of the molecule is COCCC(Cc1cccc(F)c1Cl)NN. The van der Waals surface area contributed by atoms with E-state index in [1.165, 1.54) is 6.07 Å². The van der Waals surface area contributed by atoms with Crippen LogP contribution >= 0.6 is 11.6 Å². The minimum Gasteiger partial charge on any atom is -0.385 e. The van der Waals surface area contributed by atoms with Crippen LogP contribution in [-0.2, 0) is 11.2 Å². The molecule has 0 spiro atoms. The molecule has 0 aliphatic rings. The Hall–Kier alpha value is -0.680. The van der Waals surface area contributed by atoms with E-state index in [1.807, 2.05) is 0 Å². The largest absolute Gasteiger partial charge is 0.385 e. The Morgan fingerprint density at radius 3 is 2.94 bits per heavy atom. The van der Waals surface area contributed by atoms with Gasteiger partial charge in [0, 0.05) is 19.8 Å². The van der Waals surface area contributed by atoms with Crippen molar-refractivity contribution in [3.63, 3.8) is 0 Å². The summed E-state index contributed by atoms with van der Waals surface area (Å²) in [6.45, 7) is 0.599. The Morgan fingerprint density at radius 2 is 2.31 bits per heavy atom. The van der Waals surface area contributed by atoms with Gasteiger partial charge < -0.3 is 4.74 Å².